The maximum Gasteiger partial charge on any atom is 0.236 e. The highest BCUT2D eigenvalue weighted by Crippen LogP contribution is 2.29. The second kappa shape index (κ2) is 4.28. The van der Waals surface area contributed by atoms with E-state index in [1.54, 1.807) is 13.0 Å². The lowest BCUT2D eigenvalue weighted by Gasteiger charge is -2.09. The summed E-state index contributed by atoms with van der Waals surface area (Å²) in [4.78, 5) is 0. The van der Waals surface area contributed by atoms with Crippen molar-refractivity contribution in [3.8, 4) is 11.5 Å². The first-order chi connectivity index (χ1) is 6.83. The second-order valence-electron chi connectivity index (χ2n) is 3.13. The van der Waals surface area contributed by atoms with E-state index in [0.29, 0.717) is 16.9 Å². The summed E-state index contributed by atoms with van der Waals surface area (Å²) in [5.74, 6) is 0.0478. The van der Waals surface area contributed by atoms with Gasteiger partial charge in [-0.05, 0) is 24.6 Å². The topological polar surface area (TPSA) is 63.6 Å². The van der Waals surface area contributed by atoms with E-state index in [0.717, 1.165) is 0 Å². The molecule has 4 nitrogen and oxygen atoms in total. The van der Waals surface area contributed by atoms with Crippen LogP contribution < -0.4 is 4.74 Å². The molecule has 84 valence electrons. The van der Waals surface area contributed by atoms with Crippen molar-refractivity contribution < 1.29 is 18.3 Å². The number of aryl methyl sites for hydroxylation is 1. The Morgan fingerprint density at radius 3 is 2.53 bits per heavy atom. The third-order valence-corrected chi connectivity index (χ3v) is 2.91. The van der Waals surface area contributed by atoms with Gasteiger partial charge in [-0.25, -0.2) is 8.42 Å². The van der Waals surface area contributed by atoms with Crippen molar-refractivity contribution >= 4 is 19.7 Å². The number of methoxy groups -OCH3 is 1. The Morgan fingerprint density at radius 2 is 2.07 bits per heavy atom. The van der Waals surface area contributed by atoms with Gasteiger partial charge in [0.15, 0.2) is 0 Å². The number of aromatic hydroxyl groups is 1. The molecule has 0 saturated heterocycles. The molecule has 0 fully saturated rings. The Hall–Kier alpha value is -0.940. The zero-order chi connectivity index (χ0) is 11.6. The number of phenols is 1. The van der Waals surface area contributed by atoms with Crippen molar-refractivity contribution in [2.45, 2.75) is 12.7 Å². The lowest BCUT2D eigenvalue weighted by atomic mass is 10.1. The fourth-order valence-electron chi connectivity index (χ4n) is 1.20. The van der Waals surface area contributed by atoms with Gasteiger partial charge < -0.3 is 9.84 Å². The minimum Gasteiger partial charge on any atom is -0.508 e. The summed E-state index contributed by atoms with van der Waals surface area (Å²) < 4.78 is 26.8. The summed E-state index contributed by atoms with van der Waals surface area (Å²) in [6, 6.07) is 2.90. The van der Waals surface area contributed by atoms with Gasteiger partial charge in [-0.3, -0.25) is 0 Å². The lowest BCUT2D eigenvalue weighted by Crippen LogP contribution is -1.99. The van der Waals surface area contributed by atoms with E-state index in [-0.39, 0.29) is 11.5 Å². The van der Waals surface area contributed by atoms with E-state index >= 15 is 0 Å². The minimum atomic E-state index is -3.66. The molecule has 0 heterocycles. The summed E-state index contributed by atoms with van der Waals surface area (Å²) in [5, 5.41) is 9.42. The zero-order valence-corrected chi connectivity index (χ0v) is 9.89. The number of rotatable bonds is 3. The molecular weight excluding hydrogens is 240 g/mol. The van der Waals surface area contributed by atoms with E-state index < -0.39 is 9.05 Å². The molecule has 0 radical (unpaired) electrons. The molecule has 0 aliphatic rings. The summed E-state index contributed by atoms with van der Waals surface area (Å²) in [5.41, 5.74) is 0.957. The van der Waals surface area contributed by atoms with Crippen molar-refractivity contribution in [2.75, 3.05) is 7.11 Å². The normalized spacial score (nSPS) is 11.4. The maximum absolute atomic E-state index is 10.9. The molecule has 1 aromatic rings. The molecule has 1 N–H and O–H groups in total. The van der Waals surface area contributed by atoms with E-state index in [4.69, 9.17) is 15.4 Å². The average molecular weight is 251 g/mol. The van der Waals surface area contributed by atoms with Crippen LogP contribution in [-0.2, 0) is 14.8 Å². The van der Waals surface area contributed by atoms with Crippen molar-refractivity contribution in [1.29, 1.82) is 0 Å². The SMILES string of the molecule is COc1cc(C)c(O)cc1CS(=O)(=O)Cl. The van der Waals surface area contributed by atoms with Crippen LogP contribution in [0.2, 0.25) is 0 Å². The Morgan fingerprint density at radius 1 is 1.47 bits per heavy atom. The minimum absolute atomic E-state index is 0.0196. The molecule has 0 amide bonds. The number of ether oxygens (including phenoxy) is 1. The van der Waals surface area contributed by atoms with Crippen LogP contribution in [0.5, 0.6) is 11.5 Å². The van der Waals surface area contributed by atoms with Crippen LogP contribution in [0.15, 0.2) is 12.1 Å². The Kier molecular flexibility index (Phi) is 3.46. The van der Waals surface area contributed by atoms with Gasteiger partial charge in [0.25, 0.3) is 0 Å². The highest BCUT2D eigenvalue weighted by atomic mass is 35.7. The quantitative estimate of drug-likeness (QED) is 0.831. The molecule has 0 aromatic heterocycles. The number of benzene rings is 1. The van der Waals surface area contributed by atoms with Gasteiger partial charge in [-0.1, -0.05) is 0 Å². The lowest BCUT2D eigenvalue weighted by molar-refractivity contribution is 0.407. The predicted octanol–water partition coefficient (Wildman–Crippen LogP) is 1.78. The molecule has 0 saturated carbocycles. The van der Waals surface area contributed by atoms with E-state index in [1.165, 1.54) is 13.2 Å². The van der Waals surface area contributed by atoms with Gasteiger partial charge >= 0.3 is 0 Å². The summed E-state index contributed by atoms with van der Waals surface area (Å²) in [6.45, 7) is 1.69. The molecular formula is C9H11ClO4S. The first-order valence-corrected chi connectivity index (χ1v) is 6.60. The molecule has 0 unspecified atom stereocenters. The molecule has 1 rings (SSSR count). The summed E-state index contributed by atoms with van der Waals surface area (Å²) in [7, 11) is 2.89. The Labute approximate surface area is 92.9 Å². The Balaban J connectivity index is 3.22. The van der Waals surface area contributed by atoms with Crippen molar-refractivity contribution in [3.63, 3.8) is 0 Å². The average Bonchev–Trinajstić information content (AvgIpc) is 2.08. The van der Waals surface area contributed by atoms with Crippen molar-refractivity contribution in [2.24, 2.45) is 0 Å². The largest absolute Gasteiger partial charge is 0.508 e. The van der Waals surface area contributed by atoms with Gasteiger partial charge in [-0.2, -0.15) is 0 Å². The van der Waals surface area contributed by atoms with Crippen LogP contribution in [-0.4, -0.2) is 20.6 Å². The molecule has 0 aliphatic heterocycles. The van der Waals surface area contributed by atoms with Gasteiger partial charge in [0, 0.05) is 16.2 Å². The van der Waals surface area contributed by atoms with Crippen LogP contribution in [0.25, 0.3) is 0 Å². The number of hydrogen-bond donors (Lipinski definition) is 1. The summed E-state index contributed by atoms with van der Waals surface area (Å²) in [6.07, 6.45) is 0. The first-order valence-electron chi connectivity index (χ1n) is 4.12. The summed E-state index contributed by atoms with van der Waals surface area (Å²) >= 11 is 0. The molecule has 6 heteroatoms. The van der Waals surface area contributed by atoms with Crippen LogP contribution in [0, 0.1) is 6.92 Å². The van der Waals surface area contributed by atoms with Gasteiger partial charge in [0.2, 0.25) is 9.05 Å². The Bertz CT molecular complexity index is 467. The monoisotopic (exact) mass is 250 g/mol. The van der Waals surface area contributed by atoms with E-state index in [9.17, 15) is 13.5 Å². The van der Waals surface area contributed by atoms with Crippen molar-refractivity contribution in [1.82, 2.24) is 0 Å². The molecule has 0 spiro atoms. The predicted molar refractivity (Wildman–Crippen MR) is 57.9 cm³/mol. The fourth-order valence-corrected chi connectivity index (χ4v) is 2.15. The maximum atomic E-state index is 10.9. The van der Waals surface area contributed by atoms with E-state index in [2.05, 4.69) is 0 Å². The number of hydrogen-bond acceptors (Lipinski definition) is 4. The third kappa shape index (κ3) is 3.28. The van der Waals surface area contributed by atoms with Crippen LogP contribution in [0.4, 0.5) is 0 Å². The van der Waals surface area contributed by atoms with Crippen LogP contribution in [0.1, 0.15) is 11.1 Å². The molecule has 15 heavy (non-hydrogen) atoms. The first kappa shape index (κ1) is 12.1. The zero-order valence-electron chi connectivity index (χ0n) is 8.32. The highest BCUT2D eigenvalue weighted by Gasteiger charge is 2.14. The molecule has 0 bridgehead atoms. The van der Waals surface area contributed by atoms with Gasteiger partial charge in [0.05, 0.1) is 12.9 Å². The number of halogens is 1. The van der Waals surface area contributed by atoms with Gasteiger partial charge in [-0.15, -0.1) is 0 Å². The highest BCUT2D eigenvalue weighted by molar-refractivity contribution is 8.13. The smallest absolute Gasteiger partial charge is 0.236 e. The van der Waals surface area contributed by atoms with Crippen LogP contribution in [0.3, 0.4) is 0 Å². The second-order valence-corrected chi connectivity index (χ2v) is 5.91. The fraction of sp³-hybridized carbons (Fsp3) is 0.333. The van der Waals surface area contributed by atoms with E-state index in [1.807, 2.05) is 0 Å². The van der Waals surface area contributed by atoms with Crippen molar-refractivity contribution in [3.05, 3.63) is 23.3 Å². The third-order valence-electron chi connectivity index (χ3n) is 1.93. The molecule has 1 aromatic carbocycles. The standard InChI is InChI=1S/C9H11ClO4S/c1-6-3-9(14-2)7(4-8(6)11)5-15(10,12)13/h3-4,11H,5H2,1-2H3. The van der Waals surface area contributed by atoms with Crippen LogP contribution >= 0.6 is 10.7 Å². The number of phenolic OH excluding ortho intramolecular Hbond substituents is 1. The molecule has 0 atom stereocenters. The van der Waals surface area contributed by atoms with Gasteiger partial charge in [0.1, 0.15) is 11.5 Å². The molecule has 0 aliphatic carbocycles.